The molecule has 5 aliphatic carbocycles. The topological polar surface area (TPSA) is 0 Å². The van der Waals surface area contributed by atoms with Crippen LogP contribution in [0.1, 0.15) is 25.7 Å². The normalized spacial score (nSPS) is 74.4. The summed E-state index contributed by atoms with van der Waals surface area (Å²) in [7, 11) is 0. The van der Waals surface area contributed by atoms with Crippen LogP contribution in [0.15, 0.2) is 0 Å². The zero-order valence-electron chi connectivity index (χ0n) is 6.29. The van der Waals surface area contributed by atoms with E-state index >= 15 is 0 Å². The minimum atomic E-state index is 1.24. The van der Waals surface area contributed by atoms with Crippen LogP contribution < -0.4 is 0 Å². The highest BCUT2D eigenvalue weighted by Crippen LogP contribution is 2.73. The van der Waals surface area contributed by atoms with E-state index in [4.69, 9.17) is 0 Å². The average molecular weight is 134 g/mol. The Balaban J connectivity index is 1.85. The van der Waals surface area contributed by atoms with Crippen LogP contribution in [-0.2, 0) is 0 Å². The summed E-state index contributed by atoms with van der Waals surface area (Å²) in [4.78, 5) is 0. The van der Waals surface area contributed by atoms with Crippen molar-refractivity contribution in [2.45, 2.75) is 25.7 Å². The summed E-state index contributed by atoms with van der Waals surface area (Å²) in [5, 5.41) is 0. The molecule has 0 spiro atoms. The van der Waals surface area contributed by atoms with E-state index < -0.39 is 0 Å². The van der Waals surface area contributed by atoms with Gasteiger partial charge in [-0.25, -0.2) is 0 Å². The molecule has 0 aromatic heterocycles. The Morgan fingerprint density at radius 2 is 0.900 bits per heavy atom. The van der Waals surface area contributed by atoms with Crippen LogP contribution in [0.2, 0.25) is 0 Å². The van der Waals surface area contributed by atoms with Gasteiger partial charge in [0.2, 0.25) is 0 Å². The SMILES string of the molecule is C1CC2[C@@H]3C[C@@H]3C1[C@H]1C[C@@H]21. The van der Waals surface area contributed by atoms with Crippen LogP contribution in [0.25, 0.3) is 0 Å². The van der Waals surface area contributed by atoms with Crippen molar-refractivity contribution in [3.05, 3.63) is 0 Å². The summed E-state index contributed by atoms with van der Waals surface area (Å²) >= 11 is 0. The fourth-order valence-corrected chi connectivity index (χ4v) is 4.32. The second-order valence-corrected chi connectivity index (χ2v) is 5.03. The van der Waals surface area contributed by atoms with Gasteiger partial charge in [0.1, 0.15) is 0 Å². The maximum atomic E-state index is 1.64. The third kappa shape index (κ3) is 0.360. The standard InChI is InChI=1S/C10H14/c1-2-6-9-3-7(9)5(1)8-4-10(6)8/h5-10H,1-4H2/t5?,6?,7-,8-,9+,10+. The Bertz CT molecular complexity index is 158. The molecule has 0 N–H and O–H groups in total. The highest BCUT2D eigenvalue weighted by atomic mass is 14.7. The van der Waals surface area contributed by atoms with E-state index in [0.29, 0.717) is 0 Å². The van der Waals surface area contributed by atoms with Gasteiger partial charge in [0.15, 0.2) is 0 Å². The van der Waals surface area contributed by atoms with Crippen molar-refractivity contribution in [2.75, 3.05) is 0 Å². The average Bonchev–Trinajstić information content (AvgIpc) is 2.83. The van der Waals surface area contributed by atoms with E-state index in [9.17, 15) is 0 Å². The second kappa shape index (κ2) is 1.19. The van der Waals surface area contributed by atoms with Crippen molar-refractivity contribution < 1.29 is 0 Å². The van der Waals surface area contributed by atoms with Gasteiger partial charge in [-0.3, -0.25) is 0 Å². The molecule has 0 aromatic carbocycles. The summed E-state index contributed by atoms with van der Waals surface area (Å²) in [6.45, 7) is 0. The smallest absolute Gasteiger partial charge is 0.0349 e. The molecule has 5 saturated carbocycles. The zero-order chi connectivity index (χ0) is 6.29. The lowest BCUT2D eigenvalue weighted by Gasteiger charge is -2.34. The Kier molecular flexibility index (Phi) is 0.570. The summed E-state index contributed by atoms with van der Waals surface area (Å²) in [5.74, 6) is 7.48. The molecule has 0 radical (unpaired) electrons. The van der Waals surface area contributed by atoms with Gasteiger partial charge in [-0.15, -0.1) is 0 Å². The largest absolute Gasteiger partial charge is 0.0496 e. The van der Waals surface area contributed by atoms with Gasteiger partial charge in [0.25, 0.3) is 0 Å². The molecule has 4 atom stereocenters. The molecular weight excluding hydrogens is 120 g/mol. The fourth-order valence-electron chi connectivity index (χ4n) is 4.32. The molecule has 0 heterocycles. The molecule has 0 unspecified atom stereocenters. The van der Waals surface area contributed by atoms with Gasteiger partial charge in [-0.2, -0.15) is 0 Å². The molecule has 0 saturated heterocycles. The second-order valence-electron chi connectivity index (χ2n) is 5.03. The maximum Gasteiger partial charge on any atom is -0.0349 e. The third-order valence-electron chi connectivity index (χ3n) is 4.82. The maximum absolute atomic E-state index is 1.64. The van der Waals surface area contributed by atoms with Gasteiger partial charge in [0, 0.05) is 0 Å². The molecule has 0 heteroatoms. The third-order valence-corrected chi connectivity index (χ3v) is 4.82. The van der Waals surface area contributed by atoms with E-state index in [0.717, 1.165) is 0 Å². The van der Waals surface area contributed by atoms with Crippen molar-refractivity contribution in [1.82, 2.24) is 0 Å². The van der Waals surface area contributed by atoms with Crippen molar-refractivity contribution in [2.24, 2.45) is 35.5 Å². The van der Waals surface area contributed by atoms with Crippen molar-refractivity contribution in [3.63, 3.8) is 0 Å². The molecule has 0 aromatic rings. The highest BCUT2D eigenvalue weighted by Gasteiger charge is 2.66. The van der Waals surface area contributed by atoms with E-state index in [2.05, 4.69) is 0 Å². The Hall–Kier alpha value is 0. The minimum Gasteiger partial charge on any atom is -0.0496 e. The number of rotatable bonds is 0. The minimum absolute atomic E-state index is 1.24. The van der Waals surface area contributed by atoms with Gasteiger partial charge >= 0.3 is 0 Å². The van der Waals surface area contributed by atoms with Crippen molar-refractivity contribution in [3.8, 4) is 0 Å². The van der Waals surface area contributed by atoms with Gasteiger partial charge < -0.3 is 0 Å². The van der Waals surface area contributed by atoms with E-state index in [1.165, 1.54) is 35.5 Å². The van der Waals surface area contributed by atoms with Crippen LogP contribution in [0.5, 0.6) is 0 Å². The van der Waals surface area contributed by atoms with Crippen molar-refractivity contribution >= 4 is 0 Å². The Morgan fingerprint density at radius 3 is 1.30 bits per heavy atom. The number of hydrogen-bond acceptors (Lipinski definition) is 0. The lowest BCUT2D eigenvalue weighted by atomic mass is 9.71. The molecular formula is C10H14. The van der Waals surface area contributed by atoms with Crippen molar-refractivity contribution in [1.29, 1.82) is 0 Å². The molecule has 5 aliphatic rings. The first-order chi connectivity index (χ1) is 4.95. The zero-order valence-corrected chi connectivity index (χ0v) is 6.29. The number of fused-ring (bicyclic) bond motifs is 1. The molecule has 10 heavy (non-hydrogen) atoms. The monoisotopic (exact) mass is 134 g/mol. The van der Waals surface area contributed by atoms with Gasteiger partial charge in [0.05, 0.1) is 0 Å². The summed E-state index contributed by atoms with van der Waals surface area (Å²) < 4.78 is 0. The lowest BCUT2D eigenvalue weighted by molar-refractivity contribution is 0.146. The quantitative estimate of drug-likeness (QED) is 0.477. The van der Waals surface area contributed by atoms with Crippen LogP contribution in [0.4, 0.5) is 0 Å². The van der Waals surface area contributed by atoms with Crippen LogP contribution in [0, 0.1) is 35.5 Å². The fraction of sp³-hybridized carbons (Fsp3) is 1.00. The van der Waals surface area contributed by atoms with E-state index in [1.54, 1.807) is 25.7 Å². The molecule has 0 nitrogen and oxygen atoms in total. The summed E-state index contributed by atoms with van der Waals surface area (Å²) in [5.41, 5.74) is 0. The first-order valence-electron chi connectivity index (χ1n) is 4.95. The predicted molar refractivity (Wildman–Crippen MR) is 39.4 cm³/mol. The molecule has 5 fully saturated rings. The molecule has 2 bridgehead atoms. The first-order valence-corrected chi connectivity index (χ1v) is 4.95. The Morgan fingerprint density at radius 1 is 0.500 bits per heavy atom. The Labute approximate surface area is 62.0 Å². The molecule has 0 aliphatic heterocycles. The van der Waals surface area contributed by atoms with E-state index in [-0.39, 0.29) is 0 Å². The summed E-state index contributed by atoms with van der Waals surface area (Å²) in [6.07, 6.45) is 6.52. The van der Waals surface area contributed by atoms with Crippen LogP contribution in [-0.4, -0.2) is 0 Å². The first kappa shape index (κ1) is 4.79. The summed E-state index contributed by atoms with van der Waals surface area (Å²) in [6, 6.07) is 0. The number of hydrogen-bond donors (Lipinski definition) is 0. The predicted octanol–water partition coefficient (Wildman–Crippen LogP) is 2.30. The van der Waals surface area contributed by atoms with E-state index in [1.807, 2.05) is 0 Å². The van der Waals surface area contributed by atoms with Crippen LogP contribution >= 0.6 is 0 Å². The lowest BCUT2D eigenvalue weighted by Crippen LogP contribution is -2.27. The molecule has 54 valence electrons. The van der Waals surface area contributed by atoms with Gasteiger partial charge in [-0.1, -0.05) is 0 Å². The van der Waals surface area contributed by atoms with Gasteiger partial charge in [-0.05, 0) is 61.2 Å². The molecule has 5 rings (SSSR count). The molecule has 0 amide bonds. The van der Waals surface area contributed by atoms with Crippen LogP contribution in [0.3, 0.4) is 0 Å². The highest BCUT2D eigenvalue weighted by molar-refractivity contribution is 5.15.